The van der Waals surface area contributed by atoms with Gasteiger partial charge in [0.05, 0.1) is 0 Å². The number of rotatable bonds is 3. The van der Waals surface area contributed by atoms with Crippen LogP contribution in [0.2, 0.25) is 0 Å². The first-order chi connectivity index (χ1) is 8.65. The van der Waals surface area contributed by atoms with Gasteiger partial charge in [-0.25, -0.2) is 4.98 Å². The molecule has 2 rings (SSSR count). The van der Waals surface area contributed by atoms with Gasteiger partial charge in [-0.05, 0) is 24.8 Å². The van der Waals surface area contributed by atoms with Gasteiger partial charge >= 0.3 is 0 Å². The molecule has 0 aliphatic carbocycles. The Labute approximate surface area is 106 Å². The predicted molar refractivity (Wildman–Crippen MR) is 67.8 cm³/mol. The summed E-state index contributed by atoms with van der Waals surface area (Å²) in [4.78, 5) is 16.6. The van der Waals surface area contributed by atoms with Gasteiger partial charge < -0.3 is 10.2 Å². The van der Waals surface area contributed by atoms with Crippen molar-refractivity contribution in [3.05, 3.63) is 24.3 Å². The molecule has 1 fully saturated rings. The van der Waals surface area contributed by atoms with Crippen LogP contribution in [0.4, 0.5) is 10.1 Å². The molecule has 0 radical (unpaired) electrons. The molecule has 0 atom stereocenters. The zero-order chi connectivity index (χ0) is 13.0. The normalized spacial score (nSPS) is 16.7. The minimum absolute atomic E-state index is 0.0219. The summed E-state index contributed by atoms with van der Waals surface area (Å²) in [5, 5.41) is 2.85. The van der Waals surface area contributed by atoms with E-state index in [2.05, 4.69) is 15.2 Å². The highest BCUT2D eigenvalue weighted by Gasteiger charge is 2.19. The molecule has 1 aromatic rings. The summed E-state index contributed by atoms with van der Waals surface area (Å²) in [5.74, 6) is 0.110. The lowest BCUT2D eigenvalue weighted by atomic mass is 9.96. The standard InChI is InChI=1S/C13H18FN3O/c1-10(18)16-9-11-3-6-17(7-4-11)12-2-5-15-13(14)8-12/h2,5,8,11H,3-4,6-7,9H2,1H3,(H,16,18). The molecular formula is C13H18FN3O. The number of halogens is 1. The number of aromatic nitrogens is 1. The molecule has 0 saturated carbocycles. The number of nitrogens with one attached hydrogen (secondary N) is 1. The SMILES string of the molecule is CC(=O)NCC1CCN(c2ccnc(F)c2)CC1. The van der Waals surface area contributed by atoms with E-state index in [9.17, 15) is 9.18 Å². The zero-order valence-corrected chi connectivity index (χ0v) is 10.5. The van der Waals surface area contributed by atoms with E-state index in [1.165, 1.54) is 19.2 Å². The van der Waals surface area contributed by atoms with Gasteiger partial charge in [-0.15, -0.1) is 0 Å². The van der Waals surface area contributed by atoms with Crippen molar-refractivity contribution in [2.24, 2.45) is 5.92 Å². The number of pyridine rings is 1. The van der Waals surface area contributed by atoms with Gasteiger partial charge in [0, 0.05) is 44.5 Å². The third kappa shape index (κ3) is 3.42. The second-order valence-corrected chi connectivity index (χ2v) is 4.70. The van der Waals surface area contributed by atoms with Crippen LogP contribution in [0.1, 0.15) is 19.8 Å². The van der Waals surface area contributed by atoms with E-state index < -0.39 is 5.95 Å². The Balaban J connectivity index is 1.85. The number of anilines is 1. The number of carbonyl (C=O) groups is 1. The van der Waals surface area contributed by atoms with Gasteiger partial charge in [-0.2, -0.15) is 4.39 Å². The summed E-state index contributed by atoms with van der Waals surface area (Å²) in [7, 11) is 0. The van der Waals surface area contributed by atoms with Crippen LogP contribution in [-0.2, 0) is 4.79 Å². The maximum Gasteiger partial charge on any atom is 0.216 e. The number of hydrogen-bond acceptors (Lipinski definition) is 3. The Bertz CT molecular complexity index is 416. The fraction of sp³-hybridized carbons (Fsp3) is 0.538. The molecule has 0 unspecified atom stereocenters. The predicted octanol–water partition coefficient (Wildman–Crippen LogP) is 1.57. The van der Waals surface area contributed by atoms with Crippen LogP contribution in [0.3, 0.4) is 0 Å². The average Bonchev–Trinajstić information content (AvgIpc) is 2.37. The highest BCUT2D eigenvalue weighted by atomic mass is 19.1. The van der Waals surface area contributed by atoms with E-state index in [1.807, 2.05) is 6.07 Å². The van der Waals surface area contributed by atoms with Gasteiger partial charge in [0.25, 0.3) is 0 Å². The van der Waals surface area contributed by atoms with E-state index in [-0.39, 0.29) is 5.91 Å². The molecule has 1 N–H and O–H groups in total. The van der Waals surface area contributed by atoms with Crippen molar-refractivity contribution >= 4 is 11.6 Å². The molecule has 4 nitrogen and oxygen atoms in total. The minimum Gasteiger partial charge on any atom is -0.371 e. The number of hydrogen-bond donors (Lipinski definition) is 1. The van der Waals surface area contributed by atoms with Gasteiger partial charge in [0.1, 0.15) is 0 Å². The lowest BCUT2D eigenvalue weighted by Crippen LogP contribution is -2.38. The van der Waals surface area contributed by atoms with Crippen LogP contribution in [0, 0.1) is 11.9 Å². The molecular weight excluding hydrogens is 233 g/mol. The number of piperidine rings is 1. The highest BCUT2D eigenvalue weighted by Crippen LogP contribution is 2.22. The van der Waals surface area contributed by atoms with E-state index in [0.717, 1.165) is 38.2 Å². The van der Waals surface area contributed by atoms with Crippen LogP contribution in [0.25, 0.3) is 0 Å². The molecule has 1 aromatic heterocycles. The van der Waals surface area contributed by atoms with Crippen molar-refractivity contribution < 1.29 is 9.18 Å². The fourth-order valence-electron chi connectivity index (χ4n) is 2.27. The van der Waals surface area contributed by atoms with Crippen LogP contribution in [-0.4, -0.2) is 30.5 Å². The Morgan fingerprint density at radius 1 is 1.56 bits per heavy atom. The molecule has 1 aliphatic heterocycles. The Hall–Kier alpha value is -1.65. The Morgan fingerprint density at radius 3 is 2.89 bits per heavy atom. The topological polar surface area (TPSA) is 45.2 Å². The number of nitrogens with zero attached hydrogens (tertiary/aromatic N) is 2. The molecule has 1 amide bonds. The first-order valence-corrected chi connectivity index (χ1v) is 6.26. The largest absolute Gasteiger partial charge is 0.371 e. The summed E-state index contributed by atoms with van der Waals surface area (Å²) >= 11 is 0. The zero-order valence-electron chi connectivity index (χ0n) is 10.5. The Kier molecular flexibility index (Phi) is 4.12. The van der Waals surface area contributed by atoms with Crippen molar-refractivity contribution in [1.82, 2.24) is 10.3 Å². The molecule has 2 heterocycles. The highest BCUT2D eigenvalue weighted by molar-refractivity contribution is 5.72. The van der Waals surface area contributed by atoms with E-state index >= 15 is 0 Å². The lowest BCUT2D eigenvalue weighted by molar-refractivity contribution is -0.119. The molecule has 0 spiro atoms. The van der Waals surface area contributed by atoms with Crippen LogP contribution in [0.5, 0.6) is 0 Å². The Morgan fingerprint density at radius 2 is 2.28 bits per heavy atom. The number of carbonyl (C=O) groups excluding carboxylic acids is 1. The van der Waals surface area contributed by atoms with Crippen LogP contribution < -0.4 is 10.2 Å². The smallest absolute Gasteiger partial charge is 0.216 e. The molecule has 0 aromatic carbocycles. The van der Waals surface area contributed by atoms with E-state index in [1.54, 1.807) is 0 Å². The summed E-state index contributed by atoms with van der Waals surface area (Å²) in [6.45, 7) is 4.07. The van der Waals surface area contributed by atoms with Gasteiger partial charge in [-0.1, -0.05) is 0 Å². The third-order valence-corrected chi connectivity index (χ3v) is 3.33. The van der Waals surface area contributed by atoms with Crippen molar-refractivity contribution in [3.63, 3.8) is 0 Å². The summed E-state index contributed by atoms with van der Waals surface area (Å²) in [6, 6.07) is 3.30. The molecule has 1 saturated heterocycles. The average molecular weight is 251 g/mol. The maximum absolute atomic E-state index is 13.0. The van der Waals surface area contributed by atoms with E-state index in [0.29, 0.717) is 5.92 Å². The molecule has 0 bridgehead atoms. The van der Waals surface area contributed by atoms with Crippen molar-refractivity contribution in [2.45, 2.75) is 19.8 Å². The summed E-state index contributed by atoms with van der Waals surface area (Å²) in [6.07, 6.45) is 3.53. The van der Waals surface area contributed by atoms with Gasteiger partial charge in [-0.3, -0.25) is 4.79 Å². The fourth-order valence-corrected chi connectivity index (χ4v) is 2.27. The van der Waals surface area contributed by atoms with Crippen molar-refractivity contribution in [3.8, 4) is 0 Å². The minimum atomic E-state index is -0.437. The first kappa shape index (κ1) is 12.8. The van der Waals surface area contributed by atoms with Crippen molar-refractivity contribution in [2.75, 3.05) is 24.5 Å². The molecule has 98 valence electrons. The summed E-state index contributed by atoms with van der Waals surface area (Å²) in [5.41, 5.74) is 0.889. The van der Waals surface area contributed by atoms with E-state index in [4.69, 9.17) is 0 Å². The molecule has 1 aliphatic rings. The molecule has 18 heavy (non-hydrogen) atoms. The second-order valence-electron chi connectivity index (χ2n) is 4.70. The molecule has 5 heteroatoms. The monoisotopic (exact) mass is 251 g/mol. The lowest BCUT2D eigenvalue weighted by Gasteiger charge is -2.33. The van der Waals surface area contributed by atoms with Gasteiger partial charge in [0.15, 0.2) is 0 Å². The first-order valence-electron chi connectivity index (χ1n) is 6.26. The van der Waals surface area contributed by atoms with Gasteiger partial charge in [0.2, 0.25) is 11.9 Å². The van der Waals surface area contributed by atoms with Crippen LogP contribution >= 0.6 is 0 Å². The maximum atomic E-state index is 13.0. The van der Waals surface area contributed by atoms with Crippen molar-refractivity contribution in [1.29, 1.82) is 0 Å². The quantitative estimate of drug-likeness (QED) is 0.829. The summed E-state index contributed by atoms with van der Waals surface area (Å²) < 4.78 is 13.0. The second kappa shape index (κ2) is 5.80. The third-order valence-electron chi connectivity index (χ3n) is 3.33. The number of amides is 1. The van der Waals surface area contributed by atoms with Crippen LogP contribution in [0.15, 0.2) is 18.3 Å².